The van der Waals surface area contributed by atoms with E-state index in [0.717, 1.165) is 39.7 Å². The number of nitrogens with one attached hydrogen (secondary N) is 1. The molecular formula is C22H28BrN3O. The molecule has 4 nitrogen and oxygen atoms in total. The highest BCUT2D eigenvalue weighted by Gasteiger charge is 2.53. The van der Waals surface area contributed by atoms with E-state index in [0.29, 0.717) is 5.84 Å². The second kappa shape index (κ2) is 6.62. The first kappa shape index (κ1) is 19.9. The Bertz CT molecular complexity index is 964. The summed E-state index contributed by atoms with van der Waals surface area (Å²) in [6.07, 6.45) is 3.72. The zero-order valence-corrected chi connectivity index (χ0v) is 18.6. The molecule has 1 aromatic heterocycles. The van der Waals surface area contributed by atoms with E-state index in [1.165, 1.54) is 0 Å². The van der Waals surface area contributed by atoms with Crippen LogP contribution in [0.1, 0.15) is 43.4 Å². The first-order valence-corrected chi connectivity index (χ1v) is 10.0. The van der Waals surface area contributed by atoms with Crippen molar-refractivity contribution in [1.29, 1.82) is 5.41 Å². The lowest BCUT2D eigenvalue weighted by atomic mass is 9.51. The van der Waals surface area contributed by atoms with Crippen LogP contribution in [0.5, 0.6) is 0 Å². The average molecular weight is 430 g/mol. The normalized spacial score (nSPS) is 17.3. The molecular weight excluding hydrogens is 402 g/mol. The minimum absolute atomic E-state index is 0.00137. The highest BCUT2D eigenvalue weighted by Crippen LogP contribution is 2.56. The predicted molar refractivity (Wildman–Crippen MR) is 115 cm³/mol. The fraction of sp³-hybridized carbons (Fsp3) is 0.455. The molecule has 144 valence electrons. The van der Waals surface area contributed by atoms with Gasteiger partial charge in [0.25, 0.3) is 5.56 Å². The van der Waals surface area contributed by atoms with Crippen LogP contribution in [0.4, 0.5) is 0 Å². The summed E-state index contributed by atoms with van der Waals surface area (Å²) in [6, 6.07) is 8.13. The molecule has 0 atom stereocenters. The van der Waals surface area contributed by atoms with Crippen molar-refractivity contribution in [2.24, 2.45) is 5.41 Å². The number of pyridine rings is 1. The van der Waals surface area contributed by atoms with Crippen molar-refractivity contribution in [2.75, 3.05) is 14.1 Å². The molecule has 0 aliphatic heterocycles. The van der Waals surface area contributed by atoms with Gasteiger partial charge in [-0.3, -0.25) is 14.8 Å². The Morgan fingerprint density at radius 2 is 1.81 bits per heavy atom. The minimum atomic E-state index is -0.288. The number of halogens is 1. The third kappa shape index (κ3) is 3.27. The third-order valence-electron chi connectivity index (χ3n) is 5.84. The van der Waals surface area contributed by atoms with Crippen LogP contribution in [0, 0.1) is 24.7 Å². The van der Waals surface area contributed by atoms with Crippen molar-refractivity contribution in [2.45, 2.75) is 46.0 Å². The van der Waals surface area contributed by atoms with Crippen LogP contribution >= 0.6 is 15.9 Å². The van der Waals surface area contributed by atoms with Gasteiger partial charge in [-0.15, -0.1) is 0 Å². The third-order valence-corrected chi connectivity index (χ3v) is 6.64. The Hall–Kier alpha value is -1.88. The molecule has 0 bridgehead atoms. The lowest BCUT2D eigenvalue weighted by Crippen LogP contribution is -2.55. The van der Waals surface area contributed by atoms with Gasteiger partial charge in [-0.05, 0) is 71.3 Å². The van der Waals surface area contributed by atoms with Gasteiger partial charge >= 0.3 is 0 Å². The maximum Gasteiger partial charge on any atom is 0.258 e. The number of hydrogen-bond acceptors (Lipinski definition) is 2. The van der Waals surface area contributed by atoms with E-state index in [1.54, 1.807) is 4.57 Å². The maximum absolute atomic E-state index is 12.8. The number of rotatable bonds is 3. The first-order valence-electron chi connectivity index (χ1n) is 9.24. The second-order valence-corrected chi connectivity index (χ2v) is 9.65. The fourth-order valence-corrected chi connectivity index (χ4v) is 4.95. The number of aromatic nitrogens is 1. The number of amidine groups is 1. The van der Waals surface area contributed by atoms with Gasteiger partial charge in [0.1, 0.15) is 5.84 Å². The summed E-state index contributed by atoms with van der Waals surface area (Å²) in [4.78, 5) is 14.7. The van der Waals surface area contributed by atoms with Crippen LogP contribution < -0.4 is 5.56 Å². The van der Waals surface area contributed by atoms with Gasteiger partial charge in [0.15, 0.2) is 0 Å². The zero-order valence-electron chi connectivity index (χ0n) is 17.0. The molecule has 0 radical (unpaired) electrons. The van der Waals surface area contributed by atoms with Crippen LogP contribution in [0.25, 0.3) is 5.69 Å². The molecule has 1 aromatic carbocycles. The Kier molecular flexibility index (Phi) is 4.87. The van der Waals surface area contributed by atoms with Crippen LogP contribution in [0.3, 0.4) is 0 Å². The van der Waals surface area contributed by atoms with E-state index in [2.05, 4.69) is 41.9 Å². The topological polar surface area (TPSA) is 49.1 Å². The number of likely N-dealkylation sites (N-methyl/N-ethyl adjacent to an activating group) is 1. The lowest BCUT2D eigenvalue weighted by molar-refractivity contribution is 0.100. The predicted octanol–water partition coefficient (Wildman–Crippen LogP) is 4.81. The van der Waals surface area contributed by atoms with E-state index < -0.39 is 0 Å². The summed E-state index contributed by atoms with van der Waals surface area (Å²) in [5, 5.41) is 8.73. The van der Waals surface area contributed by atoms with Gasteiger partial charge in [0, 0.05) is 36.0 Å². The standard InChI is InChI=1S/C22H28BrN3O/c1-14-15(2)19(27)26(11-18(14)23)17-9-7-8-16(10-17)22(20(24)25(5)6)12-21(3,4)13-22/h7-11,24H,12-13H2,1-6H3. The molecule has 0 amide bonds. The summed E-state index contributed by atoms with van der Waals surface area (Å²) < 4.78 is 2.62. The van der Waals surface area contributed by atoms with E-state index in [9.17, 15) is 4.79 Å². The lowest BCUT2D eigenvalue weighted by Gasteiger charge is -2.55. The van der Waals surface area contributed by atoms with Crippen LogP contribution in [-0.2, 0) is 5.41 Å². The fourth-order valence-electron chi connectivity index (χ4n) is 4.45. The van der Waals surface area contributed by atoms with Gasteiger partial charge in [-0.1, -0.05) is 26.0 Å². The van der Waals surface area contributed by atoms with E-state index in [4.69, 9.17) is 5.41 Å². The molecule has 0 saturated heterocycles. The molecule has 1 aliphatic carbocycles. The number of hydrogen-bond donors (Lipinski definition) is 1. The molecule has 2 aromatic rings. The molecule has 3 rings (SSSR count). The van der Waals surface area contributed by atoms with Gasteiger partial charge in [-0.25, -0.2) is 0 Å². The molecule has 1 heterocycles. The summed E-state index contributed by atoms with van der Waals surface area (Å²) in [7, 11) is 3.87. The van der Waals surface area contributed by atoms with Crippen molar-refractivity contribution in [3.05, 3.63) is 62.0 Å². The van der Waals surface area contributed by atoms with Crippen molar-refractivity contribution < 1.29 is 0 Å². The largest absolute Gasteiger partial charge is 0.366 e. The molecule has 27 heavy (non-hydrogen) atoms. The Morgan fingerprint density at radius 3 is 2.37 bits per heavy atom. The van der Waals surface area contributed by atoms with Crippen molar-refractivity contribution in [3.63, 3.8) is 0 Å². The highest BCUT2D eigenvalue weighted by atomic mass is 79.9. The number of nitrogens with zero attached hydrogens (tertiary/aromatic N) is 2. The van der Waals surface area contributed by atoms with Crippen molar-refractivity contribution in [1.82, 2.24) is 9.47 Å². The molecule has 1 saturated carbocycles. The van der Waals surface area contributed by atoms with E-state index >= 15 is 0 Å². The SMILES string of the molecule is Cc1c(Br)cn(-c2cccc(C3(C(=N)N(C)C)CC(C)(C)C3)c2)c(=O)c1C. The zero-order chi connectivity index (χ0) is 20.1. The van der Waals surface area contributed by atoms with Gasteiger partial charge in [0.05, 0.1) is 5.41 Å². The molecule has 0 spiro atoms. The maximum atomic E-state index is 12.8. The van der Waals surface area contributed by atoms with E-state index in [1.807, 2.05) is 51.2 Å². The second-order valence-electron chi connectivity index (χ2n) is 8.80. The monoisotopic (exact) mass is 429 g/mol. The Labute approximate surface area is 169 Å². The molecule has 1 aliphatic rings. The Balaban J connectivity index is 2.14. The molecule has 1 fully saturated rings. The summed E-state index contributed by atoms with van der Waals surface area (Å²) in [6.45, 7) is 8.32. The van der Waals surface area contributed by atoms with Crippen molar-refractivity contribution in [3.8, 4) is 5.69 Å². The molecule has 1 N–H and O–H groups in total. The molecule has 5 heteroatoms. The van der Waals surface area contributed by atoms with E-state index in [-0.39, 0.29) is 16.4 Å². The minimum Gasteiger partial charge on any atom is -0.366 e. The Morgan fingerprint density at radius 1 is 1.19 bits per heavy atom. The van der Waals surface area contributed by atoms with Crippen LogP contribution in [-0.4, -0.2) is 29.4 Å². The smallest absolute Gasteiger partial charge is 0.258 e. The van der Waals surface area contributed by atoms with Crippen molar-refractivity contribution >= 4 is 21.8 Å². The quantitative estimate of drug-likeness (QED) is 0.561. The van der Waals surface area contributed by atoms with Crippen LogP contribution in [0.15, 0.2) is 39.7 Å². The molecule has 0 unspecified atom stereocenters. The van der Waals surface area contributed by atoms with Gasteiger partial charge in [-0.2, -0.15) is 0 Å². The first-order chi connectivity index (χ1) is 12.5. The summed E-state index contributed by atoms with van der Waals surface area (Å²) in [5.41, 5.74) is 3.60. The van der Waals surface area contributed by atoms with Gasteiger partial charge < -0.3 is 4.90 Å². The average Bonchev–Trinajstić information content (AvgIpc) is 2.59. The summed E-state index contributed by atoms with van der Waals surface area (Å²) in [5.74, 6) is 0.632. The van der Waals surface area contributed by atoms with Crippen LogP contribution in [0.2, 0.25) is 0 Å². The van der Waals surface area contributed by atoms with Gasteiger partial charge in [0.2, 0.25) is 0 Å². The number of benzene rings is 1. The summed E-state index contributed by atoms with van der Waals surface area (Å²) >= 11 is 3.57. The highest BCUT2D eigenvalue weighted by molar-refractivity contribution is 9.10.